The second-order valence-corrected chi connectivity index (χ2v) is 7.29. The Morgan fingerprint density at radius 2 is 1.89 bits per heavy atom. The van der Waals surface area contributed by atoms with Gasteiger partial charge in [0.05, 0.1) is 11.6 Å². The maximum atomic E-state index is 12.6. The van der Waals surface area contributed by atoms with Gasteiger partial charge in [-0.05, 0) is 50.8 Å². The number of nitrogens with zero attached hydrogens (tertiary/aromatic N) is 2. The van der Waals surface area contributed by atoms with E-state index in [2.05, 4.69) is 10.3 Å². The largest absolute Gasteiger partial charge is 0.493 e. The van der Waals surface area contributed by atoms with Crippen molar-refractivity contribution in [1.82, 2.24) is 15.2 Å². The quantitative estimate of drug-likeness (QED) is 0.758. The topological polar surface area (TPSA) is 109 Å². The minimum atomic E-state index is -0.473. The number of piperidine rings is 1. The normalized spacial score (nSPS) is 17.5. The van der Waals surface area contributed by atoms with Gasteiger partial charge in [0.15, 0.2) is 0 Å². The van der Waals surface area contributed by atoms with Crippen molar-refractivity contribution in [3.63, 3.8) is 0 Å². The lowest BCUT2D eigenvalue weighted by Gasteiger charge is -2.35. The lowest BCUT2D eigenvalue weighted by Crippen LogP contribution is -2.49. The Morgan fingerprint density at radius 1 is 1.22 bits per heavy atom. The zero-order chi connectivity index (χ0) is 19.6. The van der Waals surface area contributed by atoms with Gasteiger partial charge in [-0.1, -0.05) is 6.07 Å². The summed E-state index contributed by atoms with van der Waals surface area (Å²) in [5.74, 6) is 0.0657. The molecule has 144 valence electrons. The first-order valence-electron chi connectivity index (χ1n) is 9.30. The van der Waals surface area contributed by atoms with Crippen LogP contribution >= 0.6 is 0 Å². The number of rotatable bonds is 4. The summed E-state index contributed by atoms with van der Waals surface area (Å²) in [5.41, 5.74) is 6.76. The maximum absolute atomic E-state index is 12.6. The van der Waals surface area contributed by atoms with Crippen molar-refractivity contribution in [2.24, 2.45) is 11.7 Å². The molecule has 0 spiro atoms. The van der Waals surface area contributed by atoms with Gasteiger partial charge in [0.2, 0.25) is 11.8 Å². The first-order chi connectivity index (χ1) is 12.8. The number of pyridine rings is 1. The minimum absolute atomic E-state index is 0.00196. The Kier molecular flexibility index (Phi) is 5.60. The van der Waals surface area contributed by atoms with Crippen LogP contribution in [0.15, 0.2) is 30.3 Å². The predicted octanol–water partition coefficient (Wildman–Crippen LogP) is 1.64. The first-order valence-corrected chi connectivity index (χ1v) is 9.30. The lowest BCUT2D eigenvalue weighted by atomic mass is 9.90. The third-order valence-corrected chi connectivity index (χ3v) is 5.25. The number of carbonyl (C=O) groups is 2. The molecule has 1 saturated heterocycles. The number of nitrogens with two attached hydrogens (primary N) is 1. The van der Waals surface area contributed by atoms with Crippen LogP contribution in [0.4, 0.5) is 0 Å². The van der Waals surface area contributed by atoms with E-state index in [0.717, 1.165) is 18.2 Å². The molecule has 1 fully saturated rings. The zero-order valence-corrected chi connectivity index (χ0v) is 15.7. The molecule has 2 unspecified atom stereocenters. The fourth-order valence-electron chi connectivity index (χ4n) is 3.56. The number of benzene rings is 1. The van der Waals surface area contributed by atoms with E-state index < -0.39 is 6.04 Å². The van der Waals surface area contributed by atoms with Crippen LogP contribution in [0.1, 0.15) is 37.0 Å². The van der Waals surface area contributed by atoms with E-state index in [4.69, 9.17) is 5.73 Å². The molecule has 2 heterocycles. The van der Waals surface area contributed by atoms with E-state index >= 15 is 0 Å². The van der Waals surface area contributed by atoms with Crippen LogP contribution in [0.25, 0.3) is 10.9 Å². The van der Waals surface area contributed by atoms with Gasteiger partial charge in [-0.25, -0.2) is 4.98 Å². The van der Waals surface area contributed by atoms with Crippen molar-refractivity contribution in [3.05, 3.63) is 35.9 Å². The zero-order valence-electron chi connectivity index (χ0n) is 15.7. The highest BCUT2D eigenvalue weighted by Gasteiger charge is 2.28. The number of hydrogen-bond donors (Lipinski definition) is 3. The molecule has 1 aliphatic heterocycles. The molecule has 0 radical (unpaired) electrons. The molecule has 2 aromatic rings. The summed E-state index contributed by atoms with van der Waals surface area (Å²) in [5, 5.41) is 13.4. The Labute approximate surface area is 158 Å². The number of amides is 2. The summed E-state index contributed by atoms with van der Waals surface area (Å²) in [6.45, 7) is 5.04. The average molecular weight is 370 g/mol. The van der Waals surface area contributed by atoms with E-state index in [1.165, 1.54) is 6.07 Å². The van der Waals surface area contributed by atoms with Crippen LogP contribution in [-0.4, -0.2) is 52.0 Å². The molecular formula is C20H26N4O3. The molecule has 0 bridgehead atoms. The second kappa shape index (κ2) is 7.92. The number of fused-ring (bicyclic) bond motifs is 1. The smallest absolute Gasteiger partial charge is 0.251 e. The molecule has 7 heteroatoms. The van der Waals surface area contributed by atoms with E-state index in [1.54, 1.807) is 30.0 Å². The van der Waals surface area contributed by atoms with Gasteiger partial charge < -0.3 is 21.1 Å². The molecule has 2 atom stereocenters. The average Bonchev–Trinajstić information content (AvgIpc) is 2.66. The number of nitrogens with one attached hydrogen (secondary N) is 1. The Balaban J connectivity index is 1.60. The Morgan fingerprint density at radius 3 is 2.56 bits per heavy atom. The fourth-order valence-corrected chi connectivity index (χ4v) is 3.56. The molecular weight excluding hydrogens is 344 g/mol. The van der Waals surface area contributed by atoms with Crippen molar-refractivity contribution in [2.75, 3.05) is 13.1 Å². The number of hydrogen-bond acceptors (Lipinski definition) is 5. The van der Waals surface area contributed by atoms with E-state index in [-0.39, 0.29) is 23.7 Å². The van der Waals surface area contributed by atoms with Crippen molar-refractivity contribution in [1.29, 1.82) is 0 Å². The molecule has 1 aromatic heterocycles. The lowest BCUT2D eigenvalue weighted by molar-refractivity contribution is -0.133. The van der Waals surface area contributed by atoms with Gasteiger partial charge in [0.1, 0.15) is 0 Å². The van der Waals surface area contributed by atoms with Crippen LogP contribution in [0.3, 0.4) is 0 Å². The highest BCUT2D eigenvalue weighted by molar-refractivity contribution is 5.98. The molecule has 27 heavy (non-hydrogen) atoms. The first kappa shape index (κ1) is 19.1. The third kappa shape index (κ3) is 4.36. The van der Waals surface area contributed by atoms with Crippen LogP contribution in [-0.2, 0) is 4.79 Å². The number of likely N-dealkylation sites (tertiary alicyclic amines) is 1. The predicted molar refractivity (Wildman–Crippen MR) is 103 cm³/mol. The Bertz CT molecular complexity index is 844. The molecule has 0 aliphatic carbocycles. The molecule has 0 saturated carbocycles. The van der Waals surface area contributed by atoms with Gasteiger partial charge in [0.25, 0.3) is 5.91 Å². The number of aromatic hydroxyl groups is 1. The molecule has 2 amide bonds. The highest BCUT2D eigenvalue weighted by Crippen LogP contribution is 2.22. The molecule has 4 N–H and O–H groups in total. The highest BCUT2D eigenvalue weighted by atomic mass is 16.3. The summed E-state index contributed by atoms with van der Waals surface area (Å²) in [4.78, 5) is 30.4. The van der Waals surface area contributed by atoms with Crippen LogP contribution in [0, 0.1) is 5.92 Å². The Hall–Kier alpha value is -2.67. The summed E-state index contributed by atoms with van der Waals surface area (Å²) < 4.78 is 0. The number of carbonyl (C=O) groups excluding carboxylic acids is 2. The van der Waals surface area contributed by atoms with E-state index in [1.807, 2.05) is 13.0 Å². The van der Waals surface area contributed by atoms with E-state index in [0.29, 0.717) is 30.1 Å². The van der Waals surface area contributed by atoms with Gasteiger partial charge in [0, 0.05) is 36.1 Å². The van der Waals surface area contributed by atoms with Gasteiger partial charge >= 0.3 is 0 Å². The second-order valence-electron chi connectivity index (χ2n) is 7.29. The van der Waals surface area contributed by atoms with Crippen molar-refractivity contribution < 1.29 is 14.7 Å². The molecule has 1 aromatic carbocycles. The standard InChI is InChI=1S/C20H26N4O3/c1-12(21)20(27)24-9-7-14(8-10-24)13(2)22-19(26)16-4-3-15-5-6-18(25)23-17(15)11-16/h3-6,11-14H,7-10,21H2,1-2H3,(H,22,26)(H,23,25). The van der Waals surface area contributed by atoms with Crippen molar-refractivity contribution >= 4 is 22.7 Å². The molecule has 3 rings (SSSR count). The monoisotopic (exact) mass is 370 g/mol. The van der Waals surface area contributed by atoms with Gasteiger partial charge in [-0.15, -0.1) is 0 Å². The summed E-state index contributed by atoms with van der Waals surface area (Å²) in [6, 6.07) is 8.07. The van der Waals surface area contributed by atoms with Gasteiger partial charge in [-0.3, -0.25) is 9.59 Å². The maximum Gasteiger partial charge on any atom is 0.251 e. The summed E-state index contributed by atoms with van der Waals surface area (Å²) in [7, 11) is 0. The minimum Gasteiger partial charge on any atom is -0.493 e. The number of aromatic nitrogens is 1. The summed E-state index contributed by atoms with van der Waals surface area (Å²) in [6.07, 6.45) is 1.68. The molecule has 1 aliphatic rings. The third-order valence-electron chi connectivity index (χ3n) is 5.25. The summed E-state index contributed by atoms with van der Waals surface area (Å²) >= 11 is 0. The van der Waals surface area contributed by atoms with Crippen molar-refractivity contribution in [2.45, 2.75) is 38.8 Å². The van der Waals surface area contributed by atoms with Crippen molar-refractivity contribution in [3.8, 4) is 5.88 Å². The van der Waals surface area contributed by atoms with Crippen LogP contribution < -0.4 is 11.1 Å². The SMILES string of the molecule is CC(N)C(=O)N1CCC(C(C)NC(=O)c2ccc3ccc(O)nc3c2)CC1. The fraction of sp³-hybridized carbons (Fsp3) is 0.450. The molecule has 7 nitrogen and oxygen atoms in total. The van der Waals surface area contributed by atoms with Crippen LogP contribution in [0.5, 0.6) is 5.88 Å². The van der Waals surface area contributed by atoms with Gasteiger partial charge in [-0.2, -0.15) is 0 Å². The van der Waals surface area contributed by atoms with Crippen LogP contribution in [0.2, 0.25) is 0 Å². The van der Waals surface area contributed by atoms with E-state index in [9.17, 15) is 14.7 Å².